The number of rotatable bonds is 6. The maximum Gasteiger partial charge on any atom is 0.251 e. The first-order valence-corrected chi connectivity index (χ1v) is 10.3. The first-order valence-electron chi connectivity index (χ1n) is 9.56. The summed E-state index contributed by atoms with van der Waals surface area (Å²) in [6.45, 7) is 1.28. The van der Waals surface area contributed by atoms with Crippen molar-refractivity contribution in [2.24, 2.45) is 0 Å². The Labute approximate surface area is 179 Å². The third-order valence-electron chi connectivity index (χ3n) is 5.13. The van der Waals surface area contributed by atoms with Gasteiger partial charge < -0.3 is 19.7 Å². The van der Waals surface area contributed by atoms with Crippen LogP contribution in [0.3, 0.4) is 0 Å². The van der Waals surface area contributed by atoms with Crippen LogP contribution in [0, 0.1) is 0 Å². The predicted molar refractivity (Wildman–Crippen MR) is 114 cm³/mol. The fourth-order valence-electron chi connectivity index (χ4n) is 3.44. The van der Waals surface area contributed by atoms with E-state index in [-0.39, 0.29) is 17.9 Å². The number of amides is 2. The number of hydrogen-bond donors (Lipinski definition) is 1. The summed E-state index contributed by atoms with van der Waals surface area (Å²) in [7, 11) is 3.10. The van der Waals surface area contributed by atoms with Gasteiger partial charge in [0.1, 0.15) is 0 Å². The number of piperidine rings is 1. The summed E-state index contributed by atoms with van der Waals surface area (Å²) in [6, 6.07) is 12.9. The third kappa shape index (κ3) is 5.29. The van der Waals surface area contributed by atoms with Crippen molar-refractivity contribution in [2.75, 3.05) is 27.3 Å². The SMILES string of the molecule is COc1ccc(C(=O)NC2CCN(C(=O)Cc3ccccc3Br)CC2)cc1OC. The molecular formula is C22H25BrN2O4. The highest BCUT2D eigenvalue weighted by Crippen LogP contribution is 2.27. The molecule has 29 heavy (non-hydrogen) atoms. The van der Waals surface area contributed by atoms with Gasteiger partial charge in [0, 0.05) is 29.2 Å². The van der Waals surface area contributed by atoms with Crippen molar-refractivity contribution < 1.29 is 19.1 Å². The number of nitrogens with zero attached hydrogens (tertiary/aromatic N) is 1. The van der Waals surface area contributed by atoms with Crippen LogP contribution in [0.1, 0.15) is 28.8 Å². The number of likely N-dealkylation sites (tertiary alicyclic amines) is 1. The van der Waals surface area contributed by atoms with E-state index >= 15 is 0 Å². The number of carbonyl (C=O) groups is 2. The lowest BCUT2D eigenvalue weighted by Gasteiger charge is -2.32. The van der Waals surface area contributed by atoms with Crippen LogP contribution in [0.2, 0.25) is 0 Å². The Morgan fingerprint density at radius 3 is 2.41 bits per heavy atom. The molecule has 2 aromatic rings. The molecular weight excluding hydrogens is 436 g/mol. The van der Waals surface area contributed by atoms with Crippen LogP contribution in [0.15, 0.2) is 46.9 Å². The van der Waals surface area contributed by atoms with E-state index in [0.29, 0.717) is 36.6 Å². The van der Waals surface area contributed by atoms with Crippen LogP contribution in [0.25, 0.3) is 0 Å². The monoisotopic (exact) mass is 460 g/mol. The van der Waals surface area contributed by atoms with E-state index in [1.54, 1.807) is 32.4 Å². The molecule has 154 valence electrons. The molecule has 0 spiro atoms. The first kappa shape index (κ1) is 21.2. The van der Waals surface area contributed by atoms with Crippen molar-refractivity contribution in [3.63, 3.8) is 0 Å². The summed E-state index contributed by atoms with van der Waals surface area (Å²) in [5.74, 6) is 1.07. The Morgan fingerprint density at radius 2 is 1.76 bits per heavy atom. The number of nitrogens with one attached hydrogen (secondary N) is 1. The molecule has 0 atom stereocenters. The van der Waals surface area contributed by atoms with Gasteiger partial charge >= 0.3 is 0 Å². The fraction of sp³-hybridized carbons (Fsp3) is 0.364. The minimum absolute atomic E-state index is 0.0445. The molecule has 1 fully saturated rings. The maximum absolute atomic E-state index is 12.6. The van der Waals surface area contributed by atoms with E-state index in [4.69, 9.17) is 9.47 Å². The predicted octanol–water partition coefficient (Wildman–Crippen LogP) is 3.43. The highest BCUT2D eigenvalue weighted by Gasteiger charge is 2.24. The number of carbonyl (C=O) groups excluding carboxylic acids is 2. The van der Waals surface area contributed by atoms with Gasteiger partial charge in [-0.2, -0.15) is 0 Å². The molecule has 2 amide bonds. The molecule has 1 heterocycles. The van der Waals surface area contributed by atoms with Crippen molar-refractivity contribution in [3.8, 4) is 11.5 Å². The van der Waals surface area contributed by atoms with Crippen LogP contribution >= 0.6 is 15.9 Å². The average Bonchev–Trinajstić information content (AvgIpc) is 2.75. The van der Waals surface area contributed by atoms with E-state index in [2.05, 4.69) is 21.2 Å². The summed E-state index contributed by atoms with van der Waals surface area (Å²) < 4.78 is 11.4. The molecule has 3 rings (SSSR count). The lowest BCUT2D eigenvalue weighted by Crippen LogP contribution is -2.47. The molecule has 1 aliphatic heterocycles. The lowest BCUT2D eigenvalue weighted by molar-refractivity contribution is -0.131. The highest BCUT2D eigenvalue weighted by atomic mass is 79.9. The Kier molecular flexibility index (Phi) is 7.14. The van der Waals surface area contributed by atoms with Gasteiger partial charge in [-0.15, -0.1) is 0 Å². The molecule has 0 radical (unpaired) electrons. The molecule has 0 saturated carbocycles. The van der Waals surface area contributed by atoms with Gasteiger partial charge in [-0.1, -0.05) is 34.1 Å². The van der Waals surface area contributed by atoms with Gasteiger partial charge in [0.05, 0.1) is 20.6 Å². The molecule has 0 aliphatic carbocycles. The Hall–Kier alpha value is -2.54. The van der Waals surface area contributed by atoms with Gasteiger partial charge in [0.25, 0.3) is 5.91 Å². The van der Waals surface area contributed by atoms with Gasteiger partial charge in [-0.05, 0) is 42.7 Å². The van der Waals surface area contributed by atoms with Crippen molar-refractivity contribution >= 4 is 27.7 Å². The average molecular weight is 461 g/mol. The van der Waals surface area contributed by atoms with E-state index in [1.807, 2.05) is 29.2 Å². The van der Waals surface area contributed by atoms with Crippen molar-refractivity contribution in [3.05, 3.63) is 58.1 Å². The van der Waals surface area contributed by atoms with Crippen LogP contribution in [0.5, 0.6) is 11.5 Å². The molecule has 7 heteroatoms. The van der Waals surface area contributed by atoms with E-state index < -0.39 is 0 Å². The van der Waals surface area contributed by atoms with Crippen molar-refractivity contribution in [1.82, 2.24) is 10.2 Å². The van der Waals surface area contributed by atoms with E-state index in [9.17, 15) is 9.59 Å². The van der Waals surface area contributed by atoms with Crippen molar-refractivity contribution in [2.45, 2.75) is 25.3 Å². The molecule has 0 aromatic heterocycles. The second kappa shape index (κ2) is 9.78. The summed E-state index contributed by atoms with van der Waals surface area (Å²) >= 11 is 3.49. The number of hydrogen-bond acceptors (Lipinski definition) is 4. The number of ether oxygens (including phenoxy) is 2. The van der Waals surface area contributed by atoms with Gasteiger partial charge in [0.15, 0.2) is 11.5 Å². The minimum atomic E-state index is -0.149. The second-order valence-electron chi connectivity index (χ2n) is 6.97. The van der Waals surface area contributed by atoms with Gasteiger partial charge in [-0.25, -0.2) is 0 Å². The number of methoxy groups -OCH3 is 2. The maximum atomic E-state index is 12.6. The lowest BCUT2D eigenvalue weighted by atomic mass is 10.0. The zero-order valence-corrected chi connectivity index (χ0v) is 18.2. The molecule has 0 bridgehead atoms. The van der Waals surface area contributed by atoms with Gasteiger partial charge in [-0.3, -0.25) is 9.59 Å². The molecule has 1 saturated heterocycles. The first-order chi connectivity index (χ1) is 14.0. The second-order valence-corrected chi connectivity index (χ2v) is 7.82. The van der Waals surface area contributed by atoms with E-state index in [0.717, 1.165) is 22.9 Å². The fourth-order valence-corrected chi connectivity index (χ4v) is 3.86. The number of halogens is 1. The molecule has 1 N–H and O–H groups in total. The zero-order valence-electron chi connectivity index (χ0n) is 16.6. The Balaban J connectivity index is 1.52. The van der Waals surface area contributed by atoms with Crippen LogP contribution in [-0.2, 0) is 11.2 Å². The minimum Gasteiger partial charge on any atom is -0.493 e. The highest BCUT2D eigenvalue weighted by molar-refractivity contribution is 9.10. The third-order valence-corrected chi connectivity index (χ3v) is 5.90. The summed E-state index contributed by atoms with van der Waals surface area (Å²) in [4.78, 5) is 27.0. The normalized spacial score (nSPS) is 14.4. The molecule has 0 unspecified atom stereocenters. The number of benzene rings is 2. The quantitative estimate of drug-likeness (QED) is 0.716. The smallest absolute Gasteiger partial charge is 0.251 e. The molecule has 1 aliphatic rings. The summed E-state index contributed by atoms with van der Waals surface area (Å²) in [5.41, 5.74) is 1.51. The summed E-state index contributed by atoms with van der Waals surface area (Å²) in [5, 5.41) is 3.06. The van der Waals surface area contributed by atoms with Crippen LogP contribution in [-0.4, -0.2) is 50.1 Å². The molecule has 2 aromatic carbocycles. The largest absolute Gasteiger partial charge is 0.493 e. The summed E-state index contributed by atoms with van der Waals surface area (Å²) in [6.07, 6.45) is 1.85. The topological polar surface area (TPSA) is 67.9 Å². The van der Waals surface area contributed by atoms with Crippen LogP contribution < -0.4 is 14.8 Å². The standard InChI is InChI=1S/C22H25BrN2O4/c1-28-19-8-7-16(13-20(19)29-2)22(27)24-17-9-11-25(12-10-17)21(26)14-15-5-3-4-6-18(15)23/h3-8,13,17H,9-12,14H2,1-2H3,(H,24,27). The van der Waals surface area contributed by atoms with E-state index in [1.165, 1.54) is 0 Å². The Morgan fingerprint density at radius 1 is 1.07 bits per heavy atom. The zero-order chi connectivity index (χ0) is 20.8. The van der Waals surface area contributed by atoms with Gasteiger partial charge in [0.2, 0.25) is 5.91 Å². The Bertz CT molecular complexity index is 879. The molecule has 6 nitrogen and oxygen atoms in total. The van der Waals surface area contributed by atoms with Crippen molar-refractivity contribution in [1.29, 1.82) is 0 Å². The van der Waals surface area contributed by atoms with Crippen LogP contribution in [0.4, 0.5) is 0 Å².